The number of rotatable bonds is 6. The molecule has 10 heteroatoms. The van der Waals surface area contributed by atoms with Crippen LogP contribution < -0.4 is 0 Å². The zero-order chi connectivity index (χ0) is 29.5. The number of alkyl halides is 3. The lowest BCUT2D eigenvalue weighted by atomic mass is 10.0. The lowest BCUT2D eigenvalue weighted by molar-refractivity contribution is -0.137. The van der Waals surface area contributed by atoms with Gasteiger partial charge in [-0.15, -0.1) is 0 Å². The minimum Gasteiger partial charge on any atom is -0.301 e. The standard InChI is InChI=1S/C32H29F3N4O2S/c1-23-10-13-28(14-11-23)42(40,41)38-18-16-37(17-19-38)22-29-31(24-6-3-2-4-7-24)36-30-15-12-26(21-39(29)30)25-8-5-9-27(20-25)32(33,34)35/h2-15,20-21H,16-19,22H2,1H3. The molecule has 0 aliphatic carbocycles. The number of benzene rings is 3. The molecule has 0 amide bonds. The highest BCUT2D eigenvalue weighted by molar-refractivity contribution is 7.89. The molecule has 3 aromatic carbocycles. The molecule has 0 unspecified atom stereocenters. The molecule has 216 valence electrons. The second-order valence-electron chi connectivity index (χ2n) is 10.5. The summed E-state index contributed by atoms with van der Waals surface area (Å²) >= 11 is 0. The number of imidazole rings is 1. The smallest absolute Gasteiger partial charge is 0.301 e. The molecule has 0 bridgehead atoms. The summed E-state index contributed by atoms with van der Waals surface area (Å²) in [5.74, 6) is 0. The van der Waals surface area contributed by atoms with Crippen LogP contribution >= 0.6 is 0 Å². The third-order valence-electron chi connectivity index (χ3n) is 7.65. The lowest BCUT2D eigenvalue weighted by Gasteiger charge is -2.34. The molecule has 0 radical (unpaired) electrons. The van der Waals surface area contributed by atoms with E-state index < -0.39 is 21.8 Å². The Kier molecular flexibility index (Phi) is 7.38. The molecule has 42 heavy (non-hydrogen) atoms. The van der Waals surface area contributed by atoms with Crippen molar-refractivity contribution >= 4 is 15.7 Å². The van der Waals surface area contributed by atoms with Gasteiger partial charge in [0.2, 0.25) is 10.0 Å². The fraction of sp³-hybridized carbons (Fsp3) is 0.219. The first-order valence-electron chi connectivity index (χ1n) is 13.6. The van der Waals surface area contributed by atoms with E-state index in [0.717, 1.165) is 34.6 Å². The zero-order valence-corrected chi connectivity index (χ0v) is 23.7. The molecule has 1 aliphatic rings. The minimum atomic E-state index is -4.43. The number of hydrogen-bond donors (Lipinski definition) is 0. The van der Waals surface area contributed by atoms with Gasteiger partial charge in [-0.05, 0) is 54.4 Å². The van der Waals surface area contributed by atoms with Crippen molar-refractivity contribution < 1.29 is 21.6 Å². The Labute approximate surface area is 242 Å². The van der Waals surface area contributed by atoms with Gasteiger partial charge in [0.15, 0.2) is 0 Å². The van der Waals surface area contributed by atoms with Gasteiger partial charge in [-0.25, -0.2) is 13.4 Å². The third kappa shape index (κ3) is 5.57. The molecule has 2 aromatic heterocycles. The predicted molar refractivity (Wildman–Crippen MR) is 156 cm³/mol. The molecule has 0 N–H and O–H groups in total. The minimum absolute atomic E-state index is 0.289. The first-order chi connectivity index (χ1) is 20.1. The Morgan fingerprint density at radius 2 is 1.48 bits per heavy atom. The Morgan fingerprint density at radius 1 is 0.786 bits per heavy atom. The third-order valence-corrected chi connectivity index (χ3v) is 9.56. The summed E-state index contributed by atoms with van der Waals surface area (Å²) in [6.07, 6.45) is -2.60. The molecular weight excluding hydrogens is 561 g/mol. The van der Waals surface area contributed by atoms with Crippen molar-refractivity contribution in [3.05, 3.63) is 114 Å². The van der Waals surface area contributed by atoms with Crippen LogP contribution in [0.3, 0.4) is 0 Å². The highest BCUT2D eigenvalue weighted by Gasteiger charge is 2.31. The van der Waals surface area contributed by atoms with E-state index in [1.807, 2.05) is 53.9 Å². The van der Waals surface area contributed by atoms with Gasteiger partial charge < -0.3 is 4.40 Å². The second kappa shape index (κ2) is 11.0. The number of pyridine rings is 1. The number of aryl methyl sites for hydroxylation is 1. The molecule has 5 aromatic rings. The maximum atomic E-state index is 13.4. The Hall–Kier alpha value is -3.99. The molecule has 0 atom stereocenters. The first kappa shape index (κ1) is 28.1. The number of halogens is 3. The van der Waals surface area contributed by atoms with Crippen molar-refractivity contribution in [2.75, 3.05) is 26.2 Å². The van der Waals surface area contributed by atoms with Crippen molar-refractivity contribution in [3.8, 4) is 22.4 Å². The molecule has 1 saturated heterocycles. The summed E-state index contributed by atoms with van der Waals surface area (Å²) in [4.78, 5) is 7.37. The maximum absolute atomic E-state index is 13.4. The van der Waals surface area contributed by atoms with Crippen LogP contribution in [0.15, 0.2) is 102 Å². The molecule has 1 aliphatic heterocycles. The summed E-state index contributed by atoms with van der Waals surface area (Å²) in [7, 11) is -3.59. The van der Waals surface area contributed by atoms with E-state index in [2.05, 4.69) is 4.90 Å². The molecule has 3 heterocycles. The van der Waals surface area contributed by atoms with Crippen molar-refractivity contribution in [1.29, 1.82) is 0 Å². The molecule has 0 saturated carbocycles. The normalized spacial score (nSPS) is 15.3. The fourth-order valence-corrected chi connectivity index (χ4v) is 6.74. The molecule has 6 nitrogen and oxygen atoms in total. The van der Waals surface area contributed by atoms with Gasteiger partial charge in [0, 0.05) is 44.5 Å². The lowest BCUT2D eigenvalue weighted by Crippen LogP contribution is -2.48. The summed E-state index contributed by atoms with van der Waals surface area (Å²) in [5.41, 5.74) is 4.68. The summed E-state index contributed by atoms with van der Waals surface area (Å²) in [6, 6.07) is 25.5. The van der Waals surface area contributed by atoms with Crippen LogP contribution in [0.5, 0.6) is 0 Å². The van der Waals surface area contributed by atoms with E-state index in [4.69, 9.17) is 4.98 Å². The molecule has 0 spiro atoms. The largest absolute Gasteiger partial charge is 0.416 e. The van der Waals surface area contributed by atoms with Crippen molar-refractivity contribution in [2.24, 2.45) is 0 Å². The fourth-order valence-electron chi connectivity index (χ4n) is 5.32. The number of nitrogens with zero attached hydrogens (tertiary/aromatic N) is 4. The van der Waals surface area contributed by atoms with Gasteiger partial charge >= 0.3 is 6.18 Å². The number of aromatic nitrogens is 2. The van der Waals surface area contributed by atoms with Gasteiger partial charge in [-0.3, -0.25) is 4.90 Å². The van der Waals surface area contributed by atoms with Crippen LogP contribution in [0.1, 0.15) is 16.8 Å². The van der Waals surface area contributed by atoms with Gasteiger partial charge in [-0.2, -0.15) is 17.5 Å². The molecule has 6 rings (SSSR count). The van der Waals surface area contributed by atoms with E-state index in [1.54, 1.807) is 36.4 Å². The van der Waals surface area contributed by atoms with Crippen LogP contribution in [0.25, 0.3) is 28.0 Å². The van der Waals surface area contributed by atoms with Crippen LogP contribution in [0.4, 0.5) is 13.2 Å². The maximum Gasteiger partial charge on any atom is 0.416 e. The van der Waals surface area contributed by atoms with Crippen molar-refractivity contribution in [3.63, 3.8) is 0 Å². The Morgan fingerprint density at radius 3 is 2.17 bits per heavy atom. The van der Waals surface area contributed by atoms with E-state index in [9.17, 15) is 21.6 Å². The van der Waals surface area contributed by atoms with E-state index in [1.165, 1.54) is 10.4 Å². The number of piperazine rings is 1. The quantitative estimate of drug-likeness (QED) is 0.227. The van der Waals surface area contributed by atoms with Gasteiger partial charge in [-0.1, -0.05) is 60.2 Å². The average Bonchev–Trinajstić information content (AvgIpc) is 3.35. The van der Waals surface area contributed by atoms with Crippen molar-refractivity contribution in [1.82, 2.24) is 18.6 Å². The average molecular weight is 591 g/mol. The predicted octanol–water partition coefficient (Wildman–Crippen LogP) is 6.50. The monoisotopic (exact) mass is 590 g/mol. The van der Waals surface area contributed by atoms with Crippen molar-refractivity contribution in [2.45, 2.75) is 24.5 Å². The van der Waals surface area contributed by atoms with Gasteiger partial charge in [0.1, 0.15) is 5.65 Å². The second-order valence-corrected chi connectivity index (χ2v) is 12.4. The number of sulfonamides is 1. The summed E-state index contributed by atoms with van der Waals surface area (Å²) in [6.45, 7) is 4.17. The van der Waals surface area contributed by atoms with E-state index in [-0.39, 0.29) is 4.90 Å². The summed E-state index contributed by atoms with van der Waals surface area (Å²) < 4.78 is 70.1. The van der Waals surface area contributed by atoms with Crippen LogP contribution in [-0.2, 0) is 22.7 Å². The highest BCUT2D eigenvalue weighted by atomic mass is 32.2. The Balaban J connectivity index is 1.31. The number of hydrogen-bond acceptors (Lipinski definition) is 4. The topological polar surface area (TPSA) is 57.9 Å². The number of fused-ring (bicyclic) bond motifs is 1. The van der Waals surface area contributed by atoms with Gasteiger partial charge in [0.25, 0.3) is 0 Å². The van der Waals surface area contributed by atoms with Crippen LogP contribution in [0, 0.1) is 6.92 Å². The van der Waals surface area contributed by atoms with Gasteiger partial charge in [0.05, 0.1) is 21.8 Å². The van der Waals surface area contributed by atoms with E-state index >= 15 is 0 Å². The SMILES string of the molecule is Cc1ccc(S(=O)(=O)N2CCN(Cc3c(-c4ccccc4)nc4ccc(-c5cccc(C(F)(F)F)c5)cn34)CC2)cc1. The van der Waals surface area contributed by atoms with E-state index in [0.29, 0.717) is 49.5 Å². The molecule has 1 fully saturated rings. The first-order valence-corrected chi connectivity index (χ1v) is 15.1. The highest BCUT2D eigenvalue weighted by Crippen LogP contribution is 2.33. The Bertz CT molecular complexity index is 1830. The van der Waals surface area contributed by atoms with Crippen LogP contribution in [0.2, 0.25) is 0 Å². The zero-order valence-electron chi connectivity index (χ0n) is 22.9. The summed E-state index contributed by atoms with van der Waals surface area (Å²) in [5, 5.41) is 0. The van der Waals surface area contributed by atoms with Crippen LogP contribution in [-0.4, -0.2) is 53.2 Å². The molecular formula is C32H29F3N4O2S.